The van der Waals surface area contributed by atoms with Crippen LogP contribution < -0.4 is 5.73 Å². The summed E-state index contributed by atoms with van der Waals surface area (Å²) in [6.45, 7) is 13.5. The number of nitrogens with two attached hydrogens (primary N) is 1. The summed E-state index contributed by atoms with van der Waals surface area (Å²) in [5.41, 5.74) is 5.79. The van der Waals surface area contributed by atoms with Gasteiger partial charge in [-0.15, -0.1) is 6.58 Å². The highest BCUT2D eigenvalue weighted by Crippen LogP contribution is 2.00. The van der Waals surface area contributed by atoms with Crippen LogP contribution in [0.4, 0.5) is 0 Å². The molecule has 0 aliphatic carbocycles. The van der Waals surface area contributed by atoms with E-state index in [-0.39, 0.29) is 0 Å². The van der Waals surface area contributed by atoms with Crippen LogP contribution in [0.1, 0.15) is 46.5 Å². The summed E-state index contributed by atoms with van der Waals surface area (Å²) in [5, 5.41) is 0. The van der Waals surface area contributed by atoms with Crippen molar-refractivity contribution in [1.29, 1.82) is 0 Å². The van der Waals surface area contributed by atoms with E-state index in [1.54, 1.807) is 0 Å². The van der Waals surface area contributed by atoms with Crippen molar-refractivity contribution >= 4 is 0 Å². The second-order valence-corrected chi connectivity index (χ2v) is 2.99. The lowest BCUT2D eigenvalue weighted by molar-refractivity contribution is 0.812. The van der Waals surface area contributed by atoms with Gasteiger partial charge in [0.1, 0.15) is 0 Å². The molecule has 0 aliphatic heterocycles. The van der Waals surface area contributed by atoms with E-state index < -0.39 is 0 Å². The molecule has 0 bridgehead atoms. The van der Waals surface area contributed by atoms with Gasteiger partial charge in [0.15, 0.2) is 0 Å². The number of allylic oxidation sites excluding steroid dienone is 4. The van der Waals surface area contributed by atoms with E-state index >= 15 is 0 Å². The second kappa shape index (κ2) is 23.2. The lowest BCUT2D eigenvalue weighted by Gasteiger charge is -1.90. The van der Waals surface area contributed by atoms with Crippen LogP contribution in [0.15, 0.2) is 37.0 Å². The number of hydrogen-bond donors (Lipinski definition) is 1. The SMILES string of the molecule is C=C/C(C)=C\CCCC.C=CCC.CN. The van der Waals surface area contributed by atoms with E-state index in [2.05, 4.69) is 45.7 Å². The van der Waals surface area contributed by atoms with E-state index in [1.807, 2.05) is 12.2 Å². The van der Waals surface area contributed by atoms with Crippen molar-refractivity contribution in [2.45, 2.75) is 46.5 Å². The Morgan fingerprint density at radius 3 is 1.93 bits per heavy atom. The third-order valence-electron chi connectivity index (χ3n) is 1.63. The Kier molecular flexibility index (Phi) is 30.5. The lowest BCUT2D eigenvalue weighted by Crippen LogP contribution is -1.69. The van der Waals surface area contributed by atoms with Gasteiger partial charge in [-0.2, -0.15) is 0 Å². The van der Waals surface area contributed by atoms with E-state index in [1.165, 1.54) is 31.9 Å². The van der Waals surface area contributed by atoms with Crippen molar-refractivity contribution in [2.75, 3.05) is 7.05 Å². The molecule has 0 amide bonds. The number of rotatable bonds is 5. The fourth-order valence-corrected chi connectivity index (χ4v) is 0.617. The van der Waals surface area contributed by atoms with Crippen LogP contribution >= 0.6 is 0 Å². The van der Waals surface area contributed by atoms with Gasteiger partial charge < -0.3 is 5.73 Å². The van der Waals surface area contributed by atoms with Crippen LogP contribution in [0.3, 0.4) is 0 Å². The molecule has 0 spiro atoms. The highest BCUT2D eigenvalue weighted by atomic mass is 14.4. The second-order valence-electron chi connectivity index (χ2n) is 2.99. The van der Waals surface area contributed by atoms with Crippen molar-refractivity contribution in [2.24, 2.45) is 5.73 Å². The zero-order chi connectivity index (χ0) is 12.5. The van der Waals surface area contributed by atoms with Crippen molar-refractivity contribution < 1.29 is 0 Å². The summed E-state index contributed by atoms with van der Waals surface area (Å²) >= 11 is 0. The molecule has 0 radical (unpaired) electrons. The molecule has 0 aromatic rings. The van der Waals surface area contributed by atoms with Crippen LogP contribution in [0.5, 0.6) is 0 Å². The van der Waals surface area contributed by atoms with E-state index in [9.17, 15) is 0 Å². The monoisotopic (exact) mass is 211 g/mol. The third kappa shape index (κ3) is 32.0. The average molecular weight is 211 g/mol. The molecule has 0 rings (SSSR count). The predicted molar refractivity (Wildman–Crippen MR) is 74.1 cm³/mol. The normalized spacial score (nSPS) is 9.00. The fraction of sp³-hybridized carbons (Fsp3) is 0.571. The quantitative estimate of drug-likeness (QED) is 0.405. The average Bonchev–Trinajstić information content (AvgIpc) is 2.32. The first kappa shape index (κ1) is 19.7. The van der Waals surface area contributed by atoms with Crippen LogP contribution in [-0.4, -0.2) is 7.05 Å². The minimum atomic E-state index is 1.08. The molecule has 0 aliphatic rings. The maximum absolute atomic E-state index is 4.50. The largest absolute Gasteiger partial charge is 0.333 e. The fourth-order valence-electron chi connectivity index (χ4n) is 0.617. The molecular formula is C14H29N. The maximum Gasteiger partial charge on any atom is -0.0195 e. The van der Waals surface area contributed by atoms with Gasteiger partial charge in [0, 0.05) is 0 Å². The van der Waals surface area contributed by atoms with Crippen LogP contribution in [0.2, 0.25) is 0 Å². The van der Waals surface area contributed by atoms with Gasteiger partial charge in [-0.3, -0.25) is 0 Å². The summed E-state index contributed by atoms with van der Waals surface area (Å²) in [5.74, 6) is 0. The Labute approximate surface area is 96.8 Å². The van der Waals surface area contributed by atoms with Crippen LogP contribution in [-0.2, 0) is 0 Å². The van der Waals surface area contributed by atoms with E-state index in [4.69, 9.17) is 0 Å². The molecule has 0 aromatic heterocycles. The summed E-state index contributed by atoms with van der Waals surface area (Å²) in [6, 6.07) is 0. The smallest absolute Gasteiger partial charge is 0.0195 e. The van der Waals surface area contributed by atoms with Gasteiger partial charge in [0.25, 0.3) is 0 Å². The van der Waals surface area contributed by atoms with Crippen molar-refractivity contribution in [3.8, 4) is 0 Å². The highest BCUT2D eigenvalue weighted by Gasteiger charge is 1.79. The van der Waals surface area contributed by atoms with E-state index in [0.717, 1.165) is 6.42 Å². The van der Waals surface area contributed by atoms with Crippen LogP contribution in [0, 0.1) is 0 Å². The van der Waals surface area contributed by atoms with Crippen LogP contribution in [0.25, 0.3) is 0 Å². The molecule has 0 saturated carbocycles. The lowest BCUT2D eigenvalue weighted by atomic mass is 10.2. The van der Waals surface area contributed by atoms with Gasteiger partial charge in [-0.05, 0) is 26.8 Å². The maximum atomic E-state index is 4.50. The Morgan fingerprint density at radius 1 is 1.20 bits per heavy atom. The van der Waals surface area contributed by atoms with Gasteiger partial charge in [-0.25, -0.2) is 0 Å². The molecule has 0 aromatic carbocycles. The molecule has 1 nitrogen and oxygen atoms in total. The molecule has 1 heteroatoms. The predicted octanol–water partition coefficient (Wildman–Crippen LogP) is 4.47. The molecule has 0 fully saturated rings. The Morgan fingerprint density at radius 2 is 1.67 bits per heavy atom. The Bertz CT molecular complexity index is 145. The summed E-state index contributed by atoms with van der Waals surface area (Å²) < 4.78 is 0. The molecule has 2 N–H and O–H groups in total. The minimum Gasteiger partial charge on any atom is -0.333 e. The van der Waals surface area contributed by atoms with Crippen molar-refractivity contribution in [1.82, 2.24) is 0 Å². The standard InChI is InChI=1S/C9H16.C4H8.CH5N/c1-4-6-7-8-9(3)5-2;1-3-4-2;1-2/h5,8H,2,4,6-7H2,1,3H3;3H,1,4H2,2H3;2H2,1H3/b9-8-;;. The van der Waals surface area contributed by atoms with Gasteiger partial charge in [0.2, 0.25) is 0 Å². The molecule has 90 valence electrons. The topological polar surface area (TPSA) is 26.0 Å². The Hall–Kier alpha value is -0.820. The van der Waals surface area contributed by atoms with E-state index in [0.29, 0.717) is 0 Å². The first-order chi connectivity index (χ1) is 7.22. The molecule has 0 saturated heterocycles. The summed E-state index contributed by atoms with van der Waals surface area (Å²) in [7, 11) is 1.50. The highest BCUT2D eigenvalue weighted by molar-refractivity contribution is 5.12. The van der Waals surface area contributed by atoms with Gasteiger partial charge in [0.05, 0.1) is 0 Å². The molecule has 0 unspecified atom stereocenters. The Balaban J connectivity index is -0.000000202. The number of hydrogen-bond acceptors (Lipinski definition) is 1. The zero-order valence-corrected chi connectivity index (χ0v) is 11.1. The molecule has 0 heterocycles. The van der Waals surface area contributed by atoms with Crippen molar-refractivity contribution in [3.63, 3.8) is 0 Å². The minimum absolute atomic E-state index is 1.08. The molecular weight excluding hydrogens is 182 g/mol. The molecule has 15 heavy (non-hydrogen) atoms. The van der Waals surface area contributed by atoms with Gasteiger partial charge >= 0.3 is 0 Å². The summed E-state index contributed by atoms with van der Waals surface area (Å²) in [4.78, 5) is 0. The third-order valence-corrected chi connectivity index (χ3v) is 1.63. The number of unbranched alkanes of at least 4 members (excludes halogenated alkanes) is 2. The first-order valence-corrected chi connectivity index (χ1v) is 5.70. The zero-order valence-electron chi connectivity index (χ0n) is 11.1. The molecule has 0 atom stereocenters. The van der Waals surface area contributed by atoms with Crippen molar-refractivity contribution in [3.05, 3.63) is 37.0 Å². The summed E-state index contributed by atoms with van der Waals surface area (Å²) in [6.07, 6.45) is 10.9. The first-order valence-electron chi connectivity index (χ1n) is 5.70. The van der Waals surface area contributed by atoms with Gasteiger partial charge in [-0.1, -0.05) is 57.1 Å².